The van der Waals surface area contributed by atoms with Crippen LogP contribution in [0.1, 0.15) is 22.3 Å². The molecule has 0 atom stereocenters. The van der Waals surface area contributed by atoms with Gasteiger partial charge in [0.2, 0.25) is 0 Å². The van der Waals surface area contributed by atoms with Gasteiger partial charge in [0.25, 0.3) is 0 Å². The molecule has 1 spiro atoms. The Morgan fingerprint density at radius 3 is 1.63 bits per heavy atom. The molecule has 0 saturated heterocycles. The molecule has 0 saturated carbocycles. The average molecular weight is 659 g/mol. The lowest BCUT2D eigenvalue weighted by molar-refractivity contribution is 0.669. The minimum atomic E-state index is -0.401. The molecule has 0 radical (unpaired) electrons. The van der Waals surface area contributed by atoms with Crippen molar-refractivity contribution in [3.05, 3.63) is 204 Å². The van der Waals surface area contributed by atoms with Crippen LogP contribution in [0, 0.1) is 0 Å². The van der Waals surface area contributed by atoms with E-state index in [9.17, 15) is 0 Å². The Bertz CT molecular complexity index is 3090. The van der Waals surface area contributed by atoms with Gasteiger partial charge in [0.15, 0.2) is 0 Å². The average Bonchev–Trinajstić information content (AvgIpc) is 3.84. The maximum Gasteiger partial charge on any atom is 0.136 e. The van der Waals surface area contributed by atoms with Gasteiger partial charge < -0.3 is 4.42 Å². The maximum atomic E-state index is 6.23. The van der Waals surface area contributed by atoms with Gasteiger partial charge in [-0.3, -0.25) is 0 Å². The van der Waals surface area contributed by atoms with Gasteiger partial charge in [-0.2, -0.15) is 0 Å². The fourth-order valence-corrected chi connectivity index (χ4v) is 9.70. The topological polar surface area (TPSA) is 13.1 Å². The molecule has 1 heteroatoms. The first-order chi connectivity index (χ1) is 25.8. The van der Waals surface area contributed by atoms with Crippen LogP contribution in [-0.4, -0.2) is 0 Å². The smallest absolute Gasteiger partial charge is 0.136 e. The lowest BCUT2D eigenvalue weighted by Gasteiger charge is -2.31. The van der Waals surface area contributed by atoms with Gasteiger partial charge in [0, 0.05) is 10.8 Å². The first kappa shape index (κ1) is 28.0. The van der Waals surface area contributed by atoms with E-state index in [2.05, 4.69) is 170 Å². The zero-order chi connectivity index (χ0) is 34.0. The molecule has 52 heavy (non-hydrogen) atoms. The molecule has 0 aliphatic heterocycles. The second kappa shape index (κ2) is 10.2. The Morgan fingerprint density at radius 2 is 0.865 bits per heavy atom. The Balaban J connectivity index is 1.08. The summed E-state index contributed by atoms with van der Waals surface area (Å²) in [6, 6.07) is 67.4. The molecule has 1 nitrogen and oxygen atoms in total. The molecular weight excluding hydrogens is 629 g/mol. The van der Waals surface area contributed by atoms with Crippen LogP contribution in [0.15, 0.2) is 186 Å². The van der Waals surface area contributed by atoms with Crippen molar-refractivity contribution in [3.8, 4) is 44.5 Å². The van der Waals surface area contributed by atoms with Crippen LogP contribution in [0.25, 0.3) is 88.0 Å². The van der Waals surface area contributed by atoms with Crippen LogP contribution < -0.4 is 0 Å². The van der Waals surface area contributed by atoms with Gasteiger partial charge in [-0.15, -0.1) is 0 Å². The molecular formula is C51H30O. The van der Waals surface area contributed by atoms with Crippen LogP contribution in [0.3, 0.4) is 0 Å². The van der Waals surface area contributed by atoms with Crippen LogP contribution in [-0.2, 0) is 5.41 Å². The van der Waals surface area contributed by atoms with Crippen molar-refractivity contribution >= 4 is 43.5 Å². The fourth-order valence-electron chi connectivity index (χ4n) is 9.70. The molecule has 1 heterocycles. The summed E-state index contributed by atoms with van der Waals surface area (Å²) in [5.41, 5.74) is 17.1. The van der Waals surface area contributed by atoms with Gasteiger partial charge >= 0.3 is 0 Å². The molecule has 0 amide bonds. The van der Waals surface area contributed by atoms with E-state index in [0.717, 1.165) is 27.5 Å². The molecule has 12 rings (SSSR count). The van der Waals surface area contributed by atoms with E-state index in [-0.39, 0.29) is 0 Å². The molecule has 0 N–H and O–H groups in total. The van der Waals surface area contributed by atoms with Crippen LogP contribution in [0.4, 0.5) is 0 Å². The second-order valence-corrected chi connectivity index (χ2v) is 14.4. The summed E-state index contributed by atoms with van der Waals surface area (Å²) in [5.74, 6) is 0. The summed E-state index contributed by atoms with van der Waals surface area (Å²) in [6.07, 6.45) is 0. The van der Waals surface area contributed by atoms with Crippen molar-refractivity contribution < 1.29 is 4.42 Å². The largest absolute Gasteiger partial charge is 0.456 e. The highest BCUT2D eigenvalue weighted by molar-refractivity contribution is 6.10. The highest BCUT2D eigenvalue weighted by atomic mass is 16.3. The van der Waals surface area contributed by atoms with E-state index >= 15 is 0 Å². The second-order valence-electron chi connectivity index (χ2n) is 14.4. The molecule has 0 bridgehead atoms. The van der Waals surface area contributed by atoms with E-state index in [0.29, 0.717) is 0 Å². The monoisotopic (exact) mass is 658 g/mol. The molecule has 240 valence electrons. The number of para-hydroxylation sites is 1. The van der Waals surface area contributed by atoms with Crippen LogP contribution >= 0.6 is 0 Å². The van der Waals surface area contributed by atoms with Gasteiger partial charge in [-0.1, -0.05) is 146 Å². The van der Waals surface area contributed by atoms with Crippen LogP contribution in [0.2, 0.25) is 0 Å². The molecule has 9 aromatic carbocycles. The molecule has 2 aliphatic carbocycles. The van der Waals surface area contributed by atoms with E-state index in [4.69, 9.17) is 4.42 Å². The summed E-state index contributed by atoms with van der Waals surface area (Å²) in [4.78, 5) is 0. The van der Waals surface area contributed by atoms with Crippen molar-refractivity contribution in [2.45, 2.75) is 5.41 Å². The van der Waals surface area contributed by atoms with E-state index < -0.39 is 5.41 Å². The highest BCUT2D eigenvalue weighted by Gasteiger charge is 2.52. The Kier molecular flexibility index (Phi) is 5.49. The summed E-state index contributed by atoms with van der Waals surface area (Å²) in [5, 5.41) is 7.34. The molecule has 0 fully saturated rings. The summed E-state index contributed by atoms with van der Waals surface area (Å²) in [6.45, 7) is 0. The standard InChI is InChI=1S/C51H30O/c1-2-12-37-35(11-1)29-43(49-42-16-5-9-19-46(42)51(50(37)49)44-17-7-3-13-38(44)39-14-4-8-18-45(39)51)36-24-23-31-27-32(21-22-33(31)28-36)34-25-26-41-40-15-6-10-20-47(40)52-48(41)30-34/h1-30H. The third-order valence-electron chi connectivity index (χ3n) is 11.8. The summed E-state index contributed by atoms with van der Waals surface area (Å²) >= 11 is 0. The van der Waals surface area contributed by atoms with Crippen molar-refractivity contribution in [1.29, 1.82) is 0 Å². The predicted octanol–water partition coefficient (Wildman–Crippen LogP) is 13.6. The number of benzene rings is 9. The molecule has 2 aliphatic rings. The molecule has 1 aromatic heterocycles. The first-order valence-electron chi connectivity index (χ1n) is 18.1. The first-order valence-corrected chi connectivity index (χ1v) is 18.1. The van der Waals surface area contributed by atoms with Crippen molar-refractivity contribution in [2.75, 3.05) is 0 Å². The number of hydrogen-bond acceptors (Lipinski definition) is 1. The molecule has 10 aromatic rings. The quantitative estimate of drug-likeness (QED) is 0.180. The number of fused-ring (bicyclic) bond motifs is 16. The lowest BCUT2D eigenvalue weighted by Crippen LogP contribution is -2.26. The van der Waals surface area contributed by atoms with E-state index in [1.54, 1.807) is 0 Å². The lowest BCUT2D eigenvalue weighted by atomic mass is 9.69. The number of rotatable bonds is 2. The molecule has 0 unspecified atom stereocenters. The van der Waals surface area contributed by atoms with Crippen molar-refractivity contribution in [1.82, 2.24) is 0 Å². The number of hydrogen-bond donors (Lipinski definition) is 0. The maximum absolute atomic E-state index is 6.23. The Hall–Kier alpha value is -6.70. The van der Waals surface area contributed by atoms with Crippen molar-refractivity contribution in [3.63, 3.8) is 0 Å². The van der Waals surface area contributed by atoms with Gasteiger partial charge in [0.05, 0.1) is 5.41 Å². The van der Waals surface area contributed by atoms with Gasteiger partial charge in [-0.05, 0) is 125 Å². The highest BCUT2D eigenvalue weighted by Crippen LogP contribution is 2.65. The third-order valence-corrected chi connectivity index (χ3v) is 11.8. The normalized spacial score (nSPS) is 13.5. The third kappa shape index (κ3) is 3.57. The summed E-state index contributed by atoms with van der Waals surface area (Å²) < 4.78 is 6.23. The van der Waals surface area contributed by atoms with E-state index in [1.165, 1.54) is 82.7 Å². The minimum absolute atomic E-state index is 0.401. The predicted molar refractivity (Wildman–Crippen MR) is 216 cm³/mol. The van der Waals surface area contributed by atoms with Gasteiger partial charge in [-0.25, -0.2) is 0 Å². The fraction of sp³-hybridized carbons (Fsp3) is 0.0196. The summed E-state index contributed by atoms with van der Waals surface area (Å²) in [7, 11) is 0. The van der Waals surface area contributed by atoms with E-state index in [1.807, 2.05) is 12.1 Å². The van der Waals surface area contributed by atoms with Gasteiger partial charge in [0.1, 0.15) is 11.2 Å². The SMILES string of the molecule is c1ccc2c(c1)-c1ccccc1C21c2ccccc2-c2c(-c3ccc4cc(-c5ccc6c(c5)oc5ccccc56)ccc4c3)cc3ccccc3c21. The number of furan rings is 1. The Morgan fingerprint density at radius 1 is 0.327 bits per heavy atom. The zero-order valence-corrected chi connectivity index (χ0v) is 28.2. The zero-order valence-electron chi connectivity index (χ0n) is 28.2. The Labute approximate surface area is 301 Å². The van der Waals surface area contributed by atoms with Crippen LogP contribution in [0.5, 0.6) is 0 Å². The van der Waals surface area contributed by atoms with Crippen molar-refractivity contribution in [2.24, 2.45) is 0 Å². The minimum Gasteiger partial charge on any atom is -0.456 e.